The summed E-state index contributed by atoms with van der Waals surface area (Å²) in [6, 6.07) is 6.00. The van der Waals surface area contributed by atoms with Crippen LogP contribution in [-0.4, -0.2) is 10.2 Å². The molecule has 3 rings (SSSR count). The average molecular weight is 334 g/mol. The van der Waals surface area contributed by atoms with Gasteiger partial charge < -0.3 is 0 Å². The third kappa shape index (κ3) is 2.68. The highest BCUT2D eigenvalue weighted by Gasteiger charge is 2.22. The smallest absolute Gasteiger partial charge is 0.267 e. The lowest BCUT2D eigenvalue weighted by Crippen LogP contribution is -2.16. The van der Waals surface area contributed by atoms with E-state index in [1.807, 2.05) is 0 Å². The Labute approximate surface area is 133 Å². The molecule has 1 aromatic heterocycles. The molecular weight excluding hydrogens is 324 g/mol. The van der Waals surface area contributed by atoms with Gasteiger partial charge in [0, 0.05) is 17.7 Å². The summed E-state index contributed by atoms with van der Waals surface area (Å²) in [5.41, 5.74) is -1.07. The minimum atomic E-state index is -1.22. The van der Waals surface area contributed by atoms with Gasteiger partial charge in [0.25, 0.3) is 5.56 Å². The Kier molecular flexibility index (Phi) is 3.92. The summed E-state index contributed by atoms with van der Waals surface area (Å²) >= 11 is 0. The average Bonchev–Trinajstić information content (AvgIpc) is 2.51. The van der Waals surface area contributed by atoms with E-state index in [1.165, 1.54) is 19.1 Å². The van der Waals surface area contributed by atoms with E-state index >= 15 is 0 Å². The van der Waals surface area contributed by atoms with Crippen molar-refractivity contribution in [1.29, 1.82) is 0 Å². The summed E-state index contributed by atoms with van der Waals surface area (Å²) in [6.07, 6.45) is 0. The van der Waals surface area contributed by atoms with Gasteiger partial charge in [0.1, 0.15) is 23.3 Å². The monoisotopic (exact) mass is 334 g/mol. The van der Waals surface area contributed by atoms with Crippen molar-refractivity contribution >= 4 is 0 Å². The van der Waals surface area contributed by atoms with Crippen LogP contribution in [0.2, 0.25) is 0 Å². The third-order valence-electron chi connectivity index (χ3n) is 3.55. The predicted octanol–water partition coefficient (Wildman–Crippen LogP) is 3.97. The number of benzene rings is 2. The third-order valence-corrected chi connectivity index (χ3v) is 3.55. The second kappa shape index (κ2) is 5.92. The zero-order valence-electron chi connectivity index (χ0n) is 12.3. The molecule has 24 heavy (non-hydrogen) atoms. The zero-order valence-corrected chi connectivity index (χ0v) is 12.3. The van der Waals surface area contributed by atoms with Crippen LogP contribution in [0.15, 0.2) is 41.2 Å². The molecule has 0 saturated heterocycles. The van der Waals surface area contributed by atoms with Gasteiger partial charge in [-0.2, -0.15) is 5.10 Å². The number of hydrogen-bond acceptors (Lipinski definition) is 2. The number of halogens is 4. The molecule has 1 heterocycles. The van der Waals surface area contributed by atoms with Crippen molar-refractivity contribution in [1.82, 2.24) is 10.2 Å². The van der Waals surface area contributed by atoms with E-state index in [9.17, 15) is 22.4 Å². The van der Waals surface area contributed by atoms with Gasteiger partial charge in [0.05, 0.1) is 16.8 Å². The summed E-state index contributed by atoms with van der Waals surface area (Å²) in [5, 5.41) is 5.94. The molecule has 0 saturated carbocycles. The molecule has 0 atom stereocenters. The first-order chi connectivity index (χ1) is 11.4. The second-order valence-corrected chi connectivity index (χ2v) is 5.14. The molecule has 0 aliphatic rings. The molecule has 7 heteroatoms. The molecule has 1 N–H and O–H groups in total. The normalized spacial score (nSPS) is 10.9. The Bertz CT molecular complexity index is 958. The van der Waals surface area contributed by atoms with E-state index in [2.05, 4.69) is 10.2 Å². The van der Waals surface area contributed by atoms with Gasteiger partial charge in [-0.3, -0.25) is 4.79 Å². The van der Waals surface area contributed by atoms with E-state index in [-0.39, 0.29) is 16.8 Å². The van der Waals surface area contributed by atoms with E-state index in [4.69, 9.17) is 0 Å². The molecule has 0 spiro atoms. The largest absolute Gasteiger partial charge is 0.272 e. The highest BCUT2D eigenvalue weighted by molar-refractivity contribution is 5.84. The van der Waals surface area contributed by atoms with Crippen LogP contribution in [0, 0.1) is 30.2 Å². The summed E-state index contributed by atoms with van der Waals surface area (Å²) in [6.45, 7) is 1.53. The highest BCUT2D eigenvalue weighted by atomic mass is 19.1. The lowest BCUT2D eigenvalue weighted by molar-refractivity contribution is 0.547. The minimum Gasteiger partial charge on any atom is -0.267 e. The molecule has 0 bridgehead atoms. The summed E-state index contributed by atoms with van der Waals surface area (Å²) in [4.78, 5) is 12.2. The first-order valence-corrected chi connectivity index (χ1v) is 6.88. The molecule has 0 radical (unpaired) electrons. The molecule has 0 unspecified atom stereocenters. The lowest BCUT2D eigenvalue weighted by atomic mass is 9.94. The van der Waals surface area contributed by atoms with E-state index in [0.29, 0.717) is 17.7 Å². The standard InChI is InChI=1S/C17H10F4N2O/c1-8-14(9-2-4-10(18)5-3-9)16(17(24)23-22-8)15-12(20)6-11(19)7-13(15)21/h2-7H,1H3,(H,23,24). The maximum Gasteiger partial charge on any atom is 0.272 e. The SMILES string of the molecule is Cc1n[nH]c(=O)c(-c2c(F)cc(F)cc2F)c1-c1ccc(F)cc1. The van der Waals surface area contributed by atoms with Gasteiger partial charge in [0.15, 0.2) is 0 Å². The van der Waals surface area contributed by atoms with Crippen molar-refractivity contribution in [2.24, 2.45) is 0 Å². The van der Waals surface area contributed by atoms with Crippen LogP contribution in [-0.2, 0) is 0 Å². The summed E-state index contributed by atoms with van der Waals surface area (Å²) in [7, 11) is 0. The van der Waals surface area contributed by atoms with Crippen LogP contribution in [0.3, 0.4) is 0 Å². The molecule has 2 aromatic carbocycles. The Morgan fingerprint density at radius 3 is 2.00 bits per heavy atom. The van der Waals surface area contributed by atoms with Crippen molar-refractivity contribution in [2.45, 2.75) is 6.92 Å². The van der Waals surface area contributed by atoms with Gasteiger partial charge in [-0.25, -0.2) is 22.7 Å². The fraction of sp³-hybridized carbons (Fsp3) is 0.0588. The number of aromatic nitrogens is 2. The van der Waals surface area contributed by atoms with Gasteiger partial charge in [0.2, 0.25) is 0 Å². The van der Waals surface area contributed by atoms with Crippen LogP contribution in [0.25, 0.3) is 22.3 Å². The fourth-order valence-electron chi connectivity index (χ4n) is 2.53. The number of nitrogens with one attached hydrogen (secondary N) is 1. The topological polar surface area (TPSA) is 45.8 Å². The first kappa shape index (κ1) is 15.9. The molecule has 122 valence electrons. The number of H-pyrrole nitrogens is 1. The number of rotatable bonds is 2. The van der Waals surface area contributed by atoms with Crippen molar-refractivity contribution in [3.8, 4) is 22.3 Å². The minimum absolute atomic E-state index is 0.142. The van der Waals surface area contributed by atoms with Gasteiger partial charge >= 0.3 is 0 Å². The van der Waals surface area contributed by atoms with Gasteiger partial charge in [-0.05, 0) is 24.6 Å². The lowest BCUT2D eigenvalue weighted by Gasteiger charge is -2.13. The van der Waals surface area contributed by atoms with Crippen molar-refractivity contribution in [2.75, 3.05) is 0 Å². The van der Waals surface area contributed by atoms with Crippen molar-refractivity contribution < 1.29 is 17.6 Å². The number of hydrogen-bond donors (Lipinski definition) is 1. The van der Waals surface area contributed by atoms with Crippen LogP contribution in [0.4, 0.5) is 17.6 Å². The first-order valence-electron chi connectivity index (χ1n) is 6.88. The predicted molar refractivity (Wildman–Crippen MR) is 80.3 cm³/mol. The maximum absolute atomic E-state index is 14.2. The molecule has 0 amide bonds. The van der Waals surface area contributed by atoms with E-state index in [0.717, 1.165) is 12.1 Å². The van der Waals surface area contributed by atoms with E-state index < -0.39 is 34.4 Å². The van der Waals surface area contributed by atoms with Crippen molar-refractivity contribution in [3.63, 3.8) is 0 Å². The highest BCUT2D eigenvalue weighted by Crippen LogP contribution is 2.34. The maximum atomic E-state index is 14.2. The van der Waals surface area contributed by atoms with Crippen LogP contribution in [0.5, 0.6) is 0 Å². The second-order valence-electron chi connectivity index (χ2n) is 5.14. The molecule has 0 fully saturated rings. The zero-order chi connectivity index (χ0) is 17.4. The molecule has 0 aliphatic heterocycles. The van der Waals surface area contributed by atoms with Gasteiger partial charge in [-0.1, -0.05) is 12.1 Å². The number of aromatic amines is 1. The van der Waals surface area contributed by atoms with Gasteiger partial charge in [-0.15, -0.1) is 0 Å². The molecule has 3 nitrogen and oxygen atoms in total. The Morgan fingerprint density at radius 1 is 0.833 bits per heavy atom. The van der Waals surface area contributed by atoms with E-state index in [1.54, 1.807) is 0 Å². The van der Waals surface area contributed by atoms with Crippen molar-refractivity contribution in [3.05, 3.63) is 75.7 Å². The molecular formula is C17H10F4N2O. The Morgan fingerprint density at radius 2 is 1.42 bits per heavy atom. The van der Waals surface area contributed by atoms with Crippen LogP contribution >= 0.6 is 0 Å². The van der Waals surface area contributed by atoms with Crippen LogP contribution in [0.1, 0.15) is 5.69 Å². The quantitative estimate of drug-likeness (QED) is 0.721. The van der Waals surface area contributed by atoms with Crippen LogP contribution < -0.4 is 5.56 Å². The fourth-order valence-corrected chi connectivity index (χ4v) is 2.53. The number of nitrogens with zero attached hydrogens (tertiary/aromatic N) is 1. The Hall–Kier alpha value is -2.96. The molecule has 3 aromatic rings. The Balaban J connectivity index is 2.40. The summed E-state index contributed by atoms with van der Waals surface area (Å²) in [5.74, 6) is -4.03. The molecule has 0 aliphatic carbocycles. The number of aryl methyl sites for hydroxylation is 1. The summed E-state index contributed by atoms with van der Waals surface area (Å²) < 4.78 is 54.6.